The van der Waals surface area contributed by atoms with Crippen LogP contribution in [0.4, 0.5) is 0 Å². The molecule has 2 fully saturated rings. The summed E-state index contributed by atoms with van der Waals surface area (Å²) in [6.45, 7) is 5.31. The molecule has 5 nitrogen and oxygen atoms in total. The summed E-state index contributed by atoms with van der Waals surface area (Å²) in [7, 11) is 0. The lowest BCUT2D eigenvalue weighted by Crippen LogP contribution is -2.44. The second kappa shape index (κ2) is 7.07. The van der Waals surface area contributed by atoms with E-state index in [1.807, 2.05) is 16.7 Å². The molecule has 2 aliphatic heterocycles. The van der Waals surface area contributed by atoms with Gasteiger partial charge in [0.2, 0.25) is 11.8 Å². The molecule has 0 aliphatic carbocycles. The zero-order chi connectivity index (χ0) is 14.5. The van der Waals surface area contributed by atoms with Gasteiger partial charge in [-0.2, -0.15) is 0 Å². The minimum absolute atomic E-state index is 0.0637. The van der Waals surface area contributed by atoms with Crippen molar-refractivity contribution in [2.24, 2.45) is 11.7 Å². The minimum Gasteiger partial charge on any atom is -0.343 e. The van der Waals surface area contributed by atoms with Crippen molar-refractivity contribution in [3.8, 4) is 0 Å². The molecule has 0 spiro atoms. The molecule has 2 heterocycles. The van der Waals surface area contributed by atoms with E-state index in [0.29, 0.717) is 24.7 Å². The van der Waals surface area contributed by atoms with E-state index in [4.69, 9.17) is 5.73 Å². The van der Waals surface area contributed by atoms with Crippen LogP contribution in [0.5, 0.6) is 0 Å². The fourth-order valence-electron chi connectivity index (χ4n) is 3.14. The van der Waals surface area contributed by atoms with Crippen LogP contribution >= 0.6 is 0 Å². The first kappa shape index (κ1) is 15.3. The Balaban J connectivity index is 1.73. The smallest absolute Gasteiger partial charge is 0.224 e. The van der Waals surface area contributed by atoms with Crippen molar-refractivity contribution in [2.45, 2.75) is 51.5 Å². The van der Waals surface area contributed by atoms with Gasteiger partial charge in [-0.25, -0.2) is 0 Å². The monoisotopic (exact) mass is 281 g/mol. The molecule has 114 valence electrons. The van der Waals surface area contributed by atoms with E-state index in [1.54, 1.807) is 0 Å². The third-order valence-corrected chi connectivity index (χ3v) is 4.36. The zero-order valence-corrected chi connectivity index (χ0v) is 12.5. The van der Waals surface area contributed by atoms with Gasteiger partial charge in [0, 0.05) is 45.1 Å². The predicted molar refractivity (Wildman–Crippen MR) is 78.0 cm³/mol. The fraction of sp³-hybridized carbons (Fsp3) is 0.867. The van der Waals surface area contributed by atoms with E-state index in [2.05, 4.69) is 0 Å². The van der Waals surface area contributed by atoms with Crippen molar-refractivity contribution >= 4 is 11.8 Å². The molecule has 2 saturated heterocycles. The number of carbonyl (C=O) groups is 2. The number of hydrogen-bond acceptors (Lipinski definition) is 3. The van der Waals surface area contributed by atoms with Gasteiger partial charge in [0.15, 0.2) is 0 Å². The highest BCUT2D eigenvalue weighted by molar-refractivity contribution is 5.77. The average molecular weight is 281 g/mol. The van der Waals surface area contributed by atoms with Gasteiger partial charge in [-0.15, -0.1) is 0 Å². The number of piperidine rings is 2. The lowest BCUT2D eigenvalue weighted by Gasteiger charge is -2.36. The van der Waals surface area contributed by atoms with Crippen molar-refractivity contribution in [3.63, 3.8) is 0 Å². The van der Waals surface area contributed by atoms with Crippen LogP contribution in [0.15, 0.2) is 0 Å². The van der Waals surface area contributed by atoms with Crippen molar-refractivity contribution < 1.29 is 9.59 Å². The summed E-state index contributed by atoms with van der Waals surface area (Å²) >= 11 is 0. The van der Waals surface area contributed by atoms with Gasteiger partial charge in [-0.3, -0.25) is 9.59 Å². The normalized spacial score (nSPS) is 23.0. The first-order valence-electron chi connectivity index (χ1n) is 7.87. The minimum atomic E-state index is -0.0637. The van der Waals surface area contributed by atoms with Gasteiger partial charge in [0.25, 0.3) is 0 Å². The van der Waals surface area contributed by atoms with Gasteiger partial charge in [-0.05, 0) is 38.5 Å². The fourth-order valence-corrected chi connectivity index (χ4v) is 3.14. The number of hydrogen-bond donors (Lipinski definition) is 1. The summed E-state index contributed by atoms with van der Waals surface area (Å²) in [5.74, 6) is 1.04. The van der Waals surface area contributed by atoms with Crippen molar-refractivity contribution in [1.29, 1.82) is 0 Å². The summed E-state index contributed by atoms with van der Waals surface area (Å²) in [5.41, 5.74) is 5.67. The first-order valence-corrected chi connectivity index (χ1v) is 7.87. The molecule has 1 atom stereocenters. The Labute approximate surface area is 121 Å². The van der Waals surface area contributed by atoms with Gasteiger partial charge in [-0.1, -0.05) is 0 Å². The van der Waals surface area contributed by atoms with Gasteiger partial charge in [0.05, 0.1) is 0 Å². The maximum Gasteiger partial charge on any atom is 0.224 e. The van der Waals surface area contributed by atoms with Crippen LogP contribution in [-0.4, -0.2) is 53.8 Å². The molecule has 0 bridgehead atoms. The largest absolute Gasteiger partial charge is 0.343 e. The number of rotatable bonds is 4. The number of likely N-dealkylation sites (tertiary alicyclic amines) is 2. The number of nitrogens with zero attached hydrogens (tertiary/aromatic N) is 2. The number of carbonyl (C=O) groups excluding carboxylic acids is 2. The second-order valence-electron chi connectivity index (χ2n) is 6.30. The molecule has 0 aromatic heterocycles. The van der Waals surface area contributed by atoms with E-state index >= 15 is 0 Å². The van der Waals surface area contributed by atoms with Crippen LogP contribution in [-0.2, 0) is 9.59 Å². The van der Waals surface area contributed by atoms with Gasteiger partial charge < -0.3 is 15.5 Å². The van der Waals surface area contributed by atoms with Crippen LogP contribution < -0.4 is 5.73 Å². The van der Waals surface area contributed by atoms with Gasteiger partial charge in [0.1, 0.15) is 0 Å². The first-order chi connectivity index (χ1) is 9.56. The molecule has 2 aliphatic rings. The molecule has 2 amide bonds. The Bertz CT molecular complexity index is 349. The molecule has 0 saturated carbocycles. The zero-order valence-electron chi connectivity index (χ0n) is 12.5. The van der Waals surface area contributed by atoms with Crippen LogP contribution in [0.1, 0.15) is 45.4 Å². The number of nitrogens with two attached hydrogens (primary N) is 1. The van der Waals surface area contributed by atoms with Crippen LogP contribution in [0.3, 0.4) is 0 Å². The summed E-state index contributed by atoms with van der Waals surface area (Å²) in [5, 5.41) is 0. The predicted octanol–water partition coefficient (Wildman–Crippen LogP) is 0.975. The standard InChI is InChI=1S/C15H27N3O2/c1-12(16)10-15(20)17-8-5-13(6-9-17)11-18-7-3-2-4-14(18)19/h12-13H,2-11,16H2,1H3. The molecule has 5 heteroatoms. The Kier molecular flexibility index (Phi) is 5.40. The summed E-state index contributed by atoms with van der Waals surface area (Å²) in [4.78, 5) is 27.7. The highest BCUT2D eigenvalue weighted by atomic mass is 16.2. The highest BCUT2D eigenvalue weighted by Crippen LogP contribution is 2.21. The quantitative estimate of drug-likeness (QED) is 0.835. The van der Waals surface area contributed by atoms with E-state index in [1.165, 1.54) is 0 Å². The van der Waals surface area contributed by atoms with Crippen molar-refractivity contribution in [2.75, 3.05) is 26.2 Å². The van der Waals surface area contributed by atoms with E-state index in [-0.39, 0.29) is 11.9 Å². The van der Waals surface area contributed by atoms with Gasteiger partial charge >= 0.3 is 0 Å². The SMILES string of the molecule is CC(N)CC(=O)N1CCC(CN2CCCCC2=O)CC1. The maximum atomic E-state index is 11.9. The average Bonchev–Trinajstić information content (AvgIpc) is 2.41. The molecule has 1 unspecified atom stereocenters. The summed E-state index contributed by atoms with van der Waals surface area (Å²) in [6, 6.07) is -0.0637. The number of amides is 2. The Morgan fingerprint density at radius 3 is 2.60 bits per heavy atom. The van der Waals surface area contributed by atoms with E-state index in [0.717, 1.165) is 51.9 Å². The third kappa shape index (κ3) is 4.20. The third-order valence-electron chi connectivity index (χ3n) is 4.36. The van der Waals surface area contributed by atoms with Crippen LogP contribution in [0, 0.1) is 5.92 Å². The van der Waals surface area contributed by atoms with E-state index < -0.39 is 0 Å². The van der Waals surface area contributed by atoms with Crippen molar-refractivity contribution in [1.82, 2.24) is 9.80 Å². The topological polar surface area (TPSA) is 66.6 Å². The lowest BCUT2D eigenvalue weighted by atomic mass is 9.95. The molecule has 20 heavy (non-hydrogen) atoms. The molecule has 2 rings (SSSR count). The van der Waals surface area contributed by atoms with E-state index in [9.17, 15) is 9.59 Å². The molecule has 0 aromatic rings. The summed E-state index contributed by atoms with van der Waals surface area (Å²) in [6.07, 6.45) is 5.35. The van der Waals surface area contributed by atoms with Crippen molar-refractivity contribution in [3.05, 3.63) is 0 Å². The molecule has 2 N–H and O–H groups in total. The molecular weight excluding hydrogens is 254 g/mol. The Morgan fingerprint density at radius 2 is 2.00 bits per heavy atom. The maximum absolute atomic E-state index is 11.9. The Morgan fingerprint density at radius 1 is 1.30 bits per heavy atom. The lowest BCUT2D eigenvalue weighted by molar-refractivity contribution is -0.136. The molecular formula is C15H27N3O2. The molecule has 0 aromatic carbocycles. The van der Waals surface area contributed by atoms with Crippen LogP contribution in [0.2, 0.25) is 0 Å². The summed E-state index contributed by atoms with van der Waals surface area (Å²) < 4.78 is 0. The second-order valence-corrected chi connectivity index (χ2v) is 6.30. The van der Waals surface area contributed by atoms with Crippen LogP contribution in [0.25, 0.3) is 0 Å². The molecule has 0 radical (unpaired) electrons. The highest BCUT2D eigenvalue weighted by Gasteiger charge is 2.26. The Hall–Kier alpha value is -1.10.